The molecular weight excluding hydrogens is 192 g/mol. The molecule has 2 N–H and O–H groups in total. The summed E-state index contributed by atoms with van der Waals surface area (Å²) in [6, 6.07) is 1.58. The van der Waals surface area contributed by atoms with Crippen LogP contribution in [-0.4, -0.2) is 4.57 Å². The molecule has 0 radical (unpaired) electrons. The van der Waals surface area contributed by atoms with Crippen LogP contribution >= 0.6 is 0 Å². The van der Waals surface area contributed by atoms with Crippen molar-refractivity contribution in [3.8, 4) is 0 Å². The van der Waals surface area contributed by atoms with Gasteiger partial charge in [-0.15, -0.1) is 0 Å². The highest BCUT2D eigenvalue weighted by Gasteiger charge is 2.08. The van der Waals surface area contributed by atoms with Gasteiger partial charge in [0.25, 0.3) is 0 Å². The van der Waals surface area contributed by atoms with Crippen molar-refractivity contribution in [1.82, 2.24) is 4.57 Å². The molecule has 1 aromatic heterocycles. The van der Waals surface area contributed by atoms with Crippen LogP contribution in [0.4, 0.5) is 0 Å². The fraction of sp³-hybridized carbons (Fsp3) is 0.545. The molecule has 1 aromatic rings. The highest BCUT2D eigenvalue weighted by molar-refractivity contribution is 5.23. The van der Waals surface area contributed by atoms with Gasteiger partial charge in [0.2, 0.25) is 0 Å². The van der Waals surface area contributed by atoms with Gasteiger partial charge in [-0.05, 0) is 13.3 Å². The van der Waals surface area contributed by atoms with Crippen molar-refractivity contribution < 1.29 is 4.84 Å². The first-order valence-corrected chi connectivity index (χ1v) is 5.11. The molecule has 15 heavy (non-hydrogen) atoms. The molecule has 0 fully saturated rings. The molecule has 4 nitrogen and oxygen atoms in total. The molecule has 0 saturated carbocycles. The SMILES string of the molecule is CCCc1c(C)c(=O)cc(CON)n1C. The van der Waals surface area contributed by atoms with Crippen LogP contribution in [0.5, 0.6) is 0 Å². The quantitative estimate of drug-likeness (QED) is 0.755. The lowest BCUT2D eigenvalue weighted by Gasteiger charge is -2.15. The highest BCUT2D eigenvalue weighted by atomic mass is 16.6. The Morgan fingerprint density at radius 3 is 2.73 bits per heavy atom. The van der Waals surface area contributed by atoms with Gasteiger partial charge >= 0.3 is 0 Å². The monoisotopic (exact) mass is 210 g/mol. The van der Waals surface area contributed by atoms with E-state index in [1.807, 2.05) is 18.5 Å². The summed E-state index contributed by atoms with van der Waals surface area (Å²) >= 11 is 0. The van der Waals surface area contributed by atoms with E-state index in [0.29, 0.717) is 0 Å². The fourth-order valence-corrected chi connectivity index (χ4v) is 1.74. The topological polar surface area (TPSA) is 57.2 Å². The molecule has 0 amide bonds. The Morgan fingerprint density at radius 2 is 2.20 bits per heavy atom. The lowest BCUT2D eigenvalue weighted by atomic mass is 10.1. The first kappa shape index (κ1) is 11.9. The van der Waals surface area contributed by atoms with Crippen LogP contribution < -0.4 is 11.3 Å². The Balaban J connectivity index is 3.28. The molecule has 0 atom stereocenters. The molecule has 0 aromatic carbocycles. The van der Waals surface area contributed by atoms with Crippen molar-refractivity contribution in [2.75, 3.05) is 0 Å². The Kier molecular flexibility index (Phi) is 4.05. The Hall–Kier alpha value is -1.13. The predicted octanol–water partition coefficient (Wildman–Crippen LogP) is 1.04. The Labute approximate surface area is 89.6 Å². The van der Waals surface area contributed by atoms with Gasteiger partial charge in [0, 0.05) is 30.1 Å². The number of nitrogens with two attached hydrogens (primary N) is 1. The molecule has 0 aliphatic rings. The number of hydrogen-bond donors (Lipinski definition) is 1. The second-order valence-electron chi connectivity index (χ2n) is 3.69. The summed E-state index contributed by atoms with van der Waals surface area (Å²) in [5, 5.41) is 0. The first-order chi connectivity index (χ1) is 7.11. The summed E-state index contributed by atoms with van der Waals surface area (Å²) in [6.45, 7) is 4.22. The van der Waals surface area contributed by atoms with E-state index in [-0.39, 0.29) is 12.0 Å². The van der Waals surface area contributed by atoms with E-state index in [2.05, 4.69) is 11.8 Å². The summed E-state index contributed by atoms with van der Waals surface area (Å²) < 4.78 is 1.99. The van der Waals surface area contributed by atoms with E-state index in [0.717, 1.165) is 29.8 Å². The van der Waals surface area contributed by atoms with Crippen molar-refractivity contribution in [2.45, 2.75) is 33.3 Å². The first-order valence-electron chi connectivity index (χ1n) is 5.11. The van der Waals surface area contributed by atoms with E-state index in [1.54, 1.807) is 6.07 Å². The summed E-state index contributed by atoms with van der Waals surface area (Å²) in [5.74, 6) is 5.03. The number of aromatic nitrogens is 1. The molecule has 0 aliphatic heterocycles. The fourth-order valence-electron chi connectivity index (χ4n) is 1.74. The van der Waals surface area contributed by atoms with Gasteiger partial charge in [-0.1, -0.05) is 13.3 Å². The van der Waals surface area contributed by atoms with Crippen LogP contribution in [0.25, 0.3) is 0 Å². The molecule has 1 rings (SSSR count). The second-order valence-corrected chi connectivity index (χ2v) is 3.69. The minimum absolute atomic E-state index is 0.0589. The second kappa shape index (κ2) is 5.09. The van der Waals surface area contributed by atoms with Gasteiger partial charge in [0.1, 0.15) is 6.61 Å². The molecular formula is C11H18N2O2. The zero-order valence-corrected chi connectivity index (χ0v) is 9.54. The van der Waals surface area contributed by atoms with Crippen LogP contribution in [0.3, 0.4) is 0 Å². The molecule has 0 bridgehead atoms. The number of nitrogens with zero attached hydrogens (tertiary/aromatic N) is 1. The van der Waals surface area contributed by atoms with Crippen LogP contribution in [0.15, 0.2) is 10.9 Å². The zero-order chi connectivity index (χ0) is 11.4. The van der Waals surface area contributed by atoms with Gasteiger partial charge in [-0.3, -0.25) is 9.63 Å². The third-order valence-electron chi connectivity index (χ3n) is 2.65. The van der Waals surface area contributed by atoms with Gasteiger partial charge in [0.05, 0.1) is 0 Å². The number of rotatable bonds is 4. The minimum atomic E-state index is 0.0589. The maximum absolute atomic E-state index is 11.7. The average Bonchev–Trinajstić information content (AvgIpc) is 2.21. The van der Waals surface area contributed by atoms with E-state index >= 15 is 0 Å². The van der Waals surface area contributed by atoms with Crippen LogP contribution in [-0.2, 0) is 24.9 Å². The summed E-state index contributed by atoms with van der Waals surface area (Å²) in [4.78, 5) is 16.2. The van der Waals surface area contributed by atoms with E-state index in [9.17, 15) is 4.79 Å². The maximum atomic E-state index is 11.7. The minimum Gasteiger partial charge on any atom is -0.349 e. The molecule has 0 aliphatic carbocycles. The van der Waals surface area contributed by atoms with Crippen LogP contribution in [0, 0.1) is 6.92 Å². The summed E-state index contributed by atoms with van der Waals surface area (Å²) in [6.07, 6.45) is 1.91. The van der Waals surface area contributed by atoms with Gasteiger partial charge in [-0.25, -0.2) is 5.90 Å². The predicted molar refractivity (Wildman–Crippen MR) is 59.4 cm³/mol. The number of pyridine rings is 1. The standard InChI is InChI=1S/C11H18N2O2/c1-4-5-10-8(2)11(14)6-9(7-15-12)13(10)3/h6H,4-5,7,12H2,1-3H3. The van der Waals surface area contributed by atoms with E-state index in [1.165, 1.54) is 0 Å². The molecule has 4 heteroatoms. The molecule has 0 unspecified atom stereocenters. The summed E-state index contributed by atoms with van der Waals surface area (Å²) in [5.41, 5.74) is 2.76. The normalized spacial score (nSPS) is 10.7. The van der Waals surface area contributed by atoms with Gasteiger partial charge in [-0.2, -0.15) is 0 Å². The Bertz CT molecular complexity index is 396. The van der Waals surface area contributed by atoms with Crippen molar-refractivity contribution in [2.24, 2.45) is 12.9 Å². The highest BCUT2D eigenvalue weighted by Crippen LogP contribution is 2.09. The average molecular weight is 210 g/mol. The Morgan fingerprint density at radius 1 is 1.53 bits per heavy atom. The van der Waals surface area contributed by atoms with Crippen molar-refractivity contribution in [1.29, 1.82) is 0 Å². The van der Waals surface area contributed by atoms with Gasteiger partial charge < -0.3 is 4.57 Å². The smallest absolute Gasteiger partial charge is 0.185 e. The van der Waals surface area contributed by atoms with Crippen LogP contribution in [0.2, 0.25) is 0 Å². The third-order valence-corrected chi connectivity index (χ3v) is 2.65. The third kappa shape index (κ3) is 2.46. The van der Waals surface area contributed by atoms with Crippen molar-refractivity contribution >= 4 is 0 Å². The van der Waals surface area contributed by atoms with Crippen molar-refractivity contribution in [3.05, 3.63) is 33.2 Å². The summed E-state index contributed by atoms with van der Waals surface area (Å²) in [7, 11) is 1.94. The van der Waals surface area contributed by atoms with Crippen molar-refractivity contribution in [3.63, 3.8) is 0 Å². The lowest BCUT2D eigenvalue weighted by Crippen LogP contribution is -2.20. The number of hydrogen-bond acceptors (Lipinski definition) is 3. The molecule has 84 valence electrons. The zero-order valence-electron chi connectivity index (χ0n) is 9.54. The van der Waals surface area contributed by atoms with Gasteiger partial charge in [0.15, 0.2) is 5.43 Å². The van der Waals surface area contributed by atoms with E-state index < -0.39 is 0 Å². The largest absolute Gasteiger partial charge is 0.349 e. The van der Waals surface area contributed by atoms with Crippen LogP contribution in [0.1, 0.15) is 30.3 Å². The molecule has 1 heterocycles. The lowest BCUT2D eigenvalue weighted by molar-refractivity contribution is 0.118. The molecule has 0 saturated heterocycles. The molecule has 0 spiro atoms. The maximum Gasteiger partial charge on any atom is 0.185 e. The van der Waals surface area contributed by atoms with E-state index in [4.69, 9.17) is 5.90 Å².